The largest absolute Gasteiger partial charge is 0.476 e. The van der Waals surface area contributed by atoms with Crippen LogP contribution in [0.1, 0.15) is 23.8 Å². The number of ether oxygens (including phenoxy) is 1. The second-order valence-electron chi connectivity index (χ2n) is 3.90. The first kappa shape index (κ1) is 10.9. The van der Waals surface area contributed by atoms with Gasteiger partial charge in [0.1, 0.15) is 6.26 Å². The molecule has 0 radical (unpaired) electrons. The molecule has 0 amide bonds. The Bertz CT molecular complexity index is 377. The average molecular weight is 226 g/mol. The van der Waals surface area contributed by atoms with Crippen LogP contribution in [-0.4, -0.2) is 35.3 Å². The van der Waals surface area contributed by atoms with E-state index in [2.05, 4.69) is 17.2 Å². The molecule has 1 saturated heterocycles. The number of oxazole rings is 1. The van der Waals surface area contributed by atoms with Crippen LogP contribution < -0.4 is 5.32 Å². The van der Waals surface area contributed by atoms with Crippen molar-refractivity contribution < 1.29 is 19.1 Å². The minimum absolute atomic E-state index is 0.0945. The number of anilines is 1. The van der Waals surface area contributed by atoms with Gasteiger partial charge in [-0.15, -0.1) is 0 Å². The normalized spacial score (nSPS) is 24.6. The fourth-order valence-electron chi connectivity index (χ4n) is 1.66. The second kappa shape index (κ2) is 4.52. The summed E-state index contributed by atoms with van der Waals surface area (Å²) in [7, 11) is 0. The van der Waals surface area contributed by atoms with E-state index in [1.165, 1.54) is 0 Å². The van der Waals surface area contributed by atoms with E-state index in [1.807, 2.05) is 0 Å². The number of nitrogens with zero attached hydrogens (tertiary/aromatic N) is 1. The van der Waals surface area contributed by atoms with Crippen molar-refractivity contribution in [3.63, 3.8) is 0 Å². The molecule has 1 aromatic heterocycles. The van der Waals surface area contributed by atoms with E-state index in [9.17, 15) is 4.79 Å². The first-order valence-corrected chi connectivity index (χ1v) is 5.21. The summed E-state index contributed by atoms with van der Waals surface area (Å²) in [6, 6.07) is 0.222. The van der Waals surface area contributed by atoms with Gasteiger partial charge in [-0.25, -0.2) is 4.79 Å². The number of nitrogens with one attached hydrogen (secondary N) is 1. The number of aromatic carboxylic acids is 1. The van der Waals surface area contributed by atoms with E-state index < -0.39 is 5.97 Å². The second-order valence-corrected chi connectivity index (χ2v) is 3.90. The van der Waals surface area contributed by atoms with Crippen molar-refractivity contribution in [1.82, 2.24) is 4.98 Å². The molecule has 1 aliphatic rings. The zero-order valence-corrected chi connectivity index (χ0v) is 8.97. The van der Waals surface area contributed by atoms with Crippen LogP contribution in [0.25, 0.3) is 0 Å². The van der Waals surface area contributed by atoms with Crippen LogP contribution in [0.3, 0.4) is 0 Å². The summed E-state index contributed by atoms with van der Waals surface area (Å²) in [5, 5.41) is 11.6. The summed E-state index contributed by atoms with van der Waals surface area (Å²) < 4.78 is 10.5. The monoisotopic (exact) mass is 226 g/mol. The van der Waals surface area contributed by atoms with Crippen molar-refractivity contribution >= 4 is 12.0 Å². The SMILES string of the molecule is C[C@@H]1CCO[C@@H]1CNc1nc(C(=O)O)co1. The summed E-state index contributed by atoms with van der Waals surface area (Å²) >= 11 is 0. The molecule has 88 valence electrons. The molecule has 2 N–H and O–H groups in total. The lowest BCUT2D eigenvalue weighted by atomic mass is 10.0. The first-order chi connectivity index (χ1) is 7.66. The van der Waals surface area contributed by atoms with Gasteiger partial charge in [-0.3, -0.25) is 0 Å². The van der Waals surface area contributed by atoms with E-state index in [0.29, 0.717) is 12.5 Å². The summed E-state index contributed by atoms with van der Waals surface area (Å²) in [5.41, 5.74) is -0.0945. The lowest BCUT2D eigenvalue weighted by Crippen LogP contribution is -2.24. The molecule has 1 aromatic rings. The number of hydrogen-bond donors (Lipinski definition) is 2. The topological polar surface area (TPSA) is 84.6 Å². The molecule has 0 aliphatic carbocycles. The first-order valence-electron chi connectivity index (χ1n) is 5.21. The summed E-state index contributed by atoms with van der Waals surface area (Å²) in [5.74, 6) is -0.594. The van der Waals surface area contributed by atoms with Crippen molar-refractivity contribution in [2.75, 3.05) is 18.5 Å². The molecule has 0 bridgehead atoms. The highest BCUT2D eigenvalue weighted by Crippen LogP contribution is 2.20. The van der Waals surface area contributed by atoms with E-state index >= 15 is 0 Å². The standard InChI is InChI=1S/C10H14N2O4/c1-6-2-3-15-8(6)4-11-10-12-7(5-16-10)9(13)14/h5-6,8H,2-4H2,1H3,(H,11,12)(H,13,14)/t6-,8-/m1/s1. The molecule has 0 saturated carbocycles. The van der Waals surface area contributed by atoms with Gasteiger partial charge in [0.05, 0.1) is 6.10 Å². The zero-order chi connectivity index (χ0) is 11.5. The molecular formula is C10H14N2O4. The Labute approximate surface area is 92.6 Å². The van der Waals surface area contributed by atoms with E-state index in [4.69, 9.17) is 14.3 Å². The molecule has 2 atom stereocenters. The molecule has 6 nitrogen and oxygen atoms in total. The number of rotatable bonds is 4. The molecule has 0 aromatic carbocycles. The van der Waals surface area contributed by atoms with Gasteiger partial charge in [0.2, 0.25) is 0 Å². The van der Waals surface area contributed by atoms with Gasteiger partial charge in [0.15, 0.2) is 5.69 Å². The third-order valence-electron chi connectivity index (χ3n) is 2.72. The van der Waals surface area contributed by atoms with Gasteiger partial charge in [-0.2, -0.15) is 4.98 Å². The Balaban J connectivity index is 1.87. The molecule has 1 aliphatic heterocycles. The van der Waals surface area contributed by atoms with Crippen molar-refractivity contribution in [3.05, 3.63) is 12.0 Å². The lowest BCUT2D eigenvalue weighted by Gasteiger charge is -2.13. The van der Waals surface area contributed by atoms with Crippen molar-refractivity contribution in [3.8, 4) is 0 Å². The predicted octanol–water partition coefficient (Wildman–Crippen LogP) is 1.21. The molecule has 2 heterocycles. The maximum Gasteiger partial charge on any atom is 0.357 e. The number of aromatic nitrogens is 1. The lowest BCUT2D eigenvalue weighted by molar-refractivity contribution is 0.0690. The van der Waals surface area contributed by atoms with Crippen molar-refractivity contribution in [2.45, 2.75) is 19.4 Å². The molecular weight excluding hydrogens is 212 g/mol. The highest BCUT2D eigenvalue weighted by molar-refractivity contribution is 5.85. The van der Waals surface area contributed by atoms with Crippen LogP contribution in [0, 0.1) is 5.92 Å². The van der Waals surface area contributed by atoms with Crippen LogP contribution >= 0.6 is 0 Å². The van der Waals surface area contributed by atoms with Crippen LogP contribution in [-0.2, 0) is 4.74 Å². The third-order valence-corrected chi connectivity index (χ3v) is 2.72. The van der Waals surface area contributed by atoms with Crippen LogP contribution in [0.5, 0.6) is 0 Å². The molecule has 2 rings (SSSR count). The smallest absolute Gasteiger partial charge is 0.357 e. The fourth-order valence-corrected chi connectivity index (χ4v) is 1.66. The summed E-state index contributed by atoms with van der Waals surface area (Å²) in [6.07, 6.45) is 2.31. The highest BCUT2D eigenvalue weighted by Gasteiger charge is 2.24. The van der Waals surface area contributed by atoms with Crippen LogP contribution in [0.2, 0.25) is 0 Å². The fraction of sp³-hybridized carbons (Fsp3) is 0.600. The van der Waals surface area contributed by atoms with Crippen molar-refractivity contribution in [1.29, 1.82) is 0 Å². The number of carbonyl (C=O) groups is 1. The van der Waals surface area contributed by atoms with Gasteiger partial charge in [0.25, 0.3) is 6.01 Å². The summed E-state index contributed by atoms with van der Waals surface area (Å²) in [4.78, 5) is 14.3. The maximum atomic E-state index is 10.6. The average Bonchev–Trinajstić information content (AvgIpc) is 2.83. The summed E-state index contributed by atoms with van der Waals surface area (Å²) in [6.45, 7) is 3.48. The van der Waals surface area contributed by atoms with Gasteiger partial charge in [-0.1, -0.05) is 6.92 Å². The van der Waals surface area contributed by atoms with E-state index in [0.717, 1.165) is 19.3 Å². The minimum Gasteiger partial charge on any atom is -0.476 e. The molecule has 6 heteroatoms. The Morgan fingerprint density at radius 3 is 3.12 bits per heavy atom. The van der Waals surface area contributed by atoms with Gasteiger partial charge in [-0.05, 0) is 12.3 Å². The molecule has 0 unspecified atom stereocenters. The highest BCUT2D eigenvalue weighted by atomic mass is 16.5. The third kappa shape index (κ3) is 2.33. The van der Waals surface area contributed by atoms with Gasteiger partial charge < -0.3 is 19.6 Å². The number of carboxylic acids is 1. The van der Waals surface area contributed by atoms with Crippen LogP contribution in [0.15, 0.2) is 10.7 Å². The van der Waals surface area contributed by atoms with Gasteiger partial charge >= 0.3 is 5.97 Å². The predicted molar refractivity (Wildman–Crippen MR) is 55.5 cm³/mol. The van der Waals surface area contributed by atoms with Crippen molar-refractivity contribution in [2.24, 2.45) is 5.92 Å². The Morgan fingerprint density at radius 2 is 2.56 bits per heavy atom. The van der Waals surface area contributed by atoms with E-state index in [-0.39, 0.29) is 17.8 Å². The number of hydrogen-bond acceptors (Lipinski definition) is 5. The van der Waals surface area contributed by atoms with Gasteiger partial charge in [0, 0.05) is 13.2 Å². The van der Waals surface area contributed by atoms with Crippen LogP contribution in [0.4, 0.5) is 6.01 Å². The maximum absolute atomic E-state index is 10.6. The molecule has 1 fully saturated rings. The Morgan fingerprint density at radius 1 is 1.75 bits per heavy atom. The minimum atomic E-state index is -1.10. The molecule has 16 heavy (non-hydrogen) atoms. The van der Waals surface area contributed by atoms with E-state index in [1.54, 1.807) is 0 Å². The Hall–Kier alpha value is -1.56. The zero-order valence-electron chi connectivity index (χ0n) is 8.97. The Kier molecular flexibility index (Phi) is 3.09. The quantitative estimate of drug-likeness (QED) is 0.802. The molecule has 0 spiro atoms. The number of carboxylic acid groups (broad SMARTS) is 1.